The van der Waals surface area contributed by atoms with Crippen LogP contribution in [0.1, 0.15) is 38.1 Å². The van der Waals surface area contributed by atoms with Crippen molar-refractivity contribution in [3.05, 3.63) is 52.5 Å². The molecule has 0 aromatic heterocycles. The van der Waals surface area contributed by atoms with Gasteiger partial charge in [-0.2, -0.15) is 0 Å². The van der Waals surface area contributed by atoms with Crippen molar-refractivity contribution in [2.75, 3.05) is 23.3 Å². The Bertz CT molecular complexity index is 821. The molecule has 0 unspecified atom stereocenters. The molecule has 1 amide bonds. The van der Waals surface area contributed by atoms with Gasteiger partial charge >= 0.3 is 0 Å². The smallest absolute Gasteiger partial charge is 0.257 e. The van der Waals surface area contributed by atoms with Crippen molar-refractivity contribution in [2.45, 2.75) is 33.8 Å². The quantitative estimate of drug-likeness (QED) is 0.551. The average Bonchev–Trinajstić information content (AvgIpc) is 2.65. The molecule has 2 aromatic carbocycles. The van der Waals surface area contributed by atoms with Crippen LogP contribution in [0.25, 0.3) is 0 Å². The summed E-state index contributed by atoms with van der Waals surface area (Å²) in [5.74, 6) is 0.412. The fourth-order valence-corrected chi connectivity index (χ4v) is 3.36. The highest BCUT2D eigenvalue weighted by Crippen LogP contribution is 2.27. The highest BCUT2D eigenvalue weighted by atomic mass is 79.9. The Kier molecular flexibility index (Phi) is 8.26. The van der Waals surface area contributed by atoms with Crippen LogP contribution >= 0.6 is 28.1 Å². The first kappa shape index (κ1) is 22.2. The third kappa shape index (κ3) is 6.21. The summed E-state index contributed by atoms with van der Waals surface area (Å²) >= 11 is 8.70. The molecule has 150 valence electrons. The third-order valence-electron chi connectivity index (χ3n) is 4.04. The third-order valence-corrected chi connectivity index (χ3v) is 4.86. The van der Waals surface area contributed by atoms with Crippen LogP contribution in [0.3, 0.4) is 0 Å². The molecule has 0 aliphatic heterocycles. The molecule has 0 bridgehead atoms. The van der Waals surface area contributed by atoms with E-state index in [0.29, 0.717) is 11.3 Å². The van der Waals surface area contributed by atoms with Crippen molar-refractivity contribution in [3.8, 4) is 5.75 Å². The van der Waals surface area contributed by atoms with E-state index in [-0.39, 0.29) is 17.1 Å². The normalized spacial score (nSPS) is 10.5. The lowest BCUT2D eigenvalue weighted by atomic mass is 10.2. The number of carbonyl (C=O) groups is 1. The molecule has 0 fully saturated rings. The molecule has 0 aliphatic rings. The summed E-state index contributed by atoms with van der Waals surface area (Å²) in [4.78, 5) is 14.7. The molecule has 0 saturated heterocycles. The van der Waals surface area contributed by atoms with Crippen molar-refractivity contribution < 1.29 is 9.53 Å². The molecule has 0 heterocycles. The Morgan fingerprint density at radius 3 is 2.32 bits per heavy atom. The van der Waals surface area contributed by atoms with Gasteiger partial charge in [-0.25, -0.2) is 0 Å². The fraction of sp³-hybridized carbons (Fsp3) is 0.333. The van der Waals surface area contributed by atoms with Gasteiger partial charge in [0.1, 0.15) is 5.75 Å². The summed E-state index contributed by atoms with van der Waals surface area (Å²) in [6.07, 6.45) is 0.0564. The Labute approximate surface area is 180 Å². The number of hydrogen-bond donors (Lipinski definition) is 2. The lowest BCUT2D eigenvalue weighted by Gasteiger charge is -2.21. The Morgan fingerprint density at radius 1 is 1.14 bits per heavy atom. The lowest BCUT2D eigenvalue weighted by molar-refractivity contribution is 0.0977. The van der Waals surface area contributed by atoms with Gasteiger partial charge in [-0.05, 0) is 98.3 Å². The van der Waals surface area contributed by atoms with E-state index in [1.165, 1.54) is 0 Å². The fourth-order valence-electron chi connectivity index (χ4n) is 2.67. The second-order valence-corrected chi connectivity index (χ2v) is 7.70. The zero-order valence-electron chi connectivity index (χ0n) is 16.6. The predicted molar refractivity (Wildman–Crippen MR) is 124 cm³/mol. The van der Waals surface area contributed by atoms with Crippen LogP contribution in [0.5, 0.6) is 5.75 Å². The molecule has 2 rings (SSSR count). The van der Waals surface area contributed by atoms with E-state index in [4.69, 9.17) is 17.0 Å². The van der Waals surface area contributed by atoms with E-state index < -0.39 is 0 Å². The Balaban J connectivity index is 1.97. The number of rotatable bonds is 7. The average molecular weight is 464 g/mol. The first-order valence-electron chi connectivity index (χ1n) is 9.27. The van der Waals surface area contributed by atoms with E-state index in [9.17, 15) is 4.79 Å². The monoisotopic (exact) mass is 463 g/mol. The van der Waals surface area contributed by atoms with Crippen LogP contribution in [0.15, 0.2) is 46.9 Å². The molecule has 0 spiro atoms. The number of thiocarbonyl (C=S) groups is 1. The molecular formula is C21H26BrN3O2S. The first-order valence-corrected chi connectivity index (χ1v) is 10.5. The second-order valence-electron chi connectivity index (χ2n) is 6.44. The zero-order valence-corrected chi connectivity index (χ0v) is 19.0. The number of benzene rings is 2. The molecule has 0 aliphatic carbocycles. The van der Waals surface area contributed by atoms with Gasteiger partial charge in [0.15, 0.2) is 5.11 Å². The number of amides is 1. The van der Waals surface area contributed by atoms with Crippen molar-refractivity contribution in [3.63, 3.8) is 0 Å². The molecule has 28 heavy (non-hydrogen) atoms. The van der Waals surface area contributed by atoms with Crippen LogP contribution in [0, 0.1) is 0 Å². The summed E-state index contributed by atoms with van der Waals surface area (Å²) in [7, 11) is 0. The summed E-state index contributed by atoms with van der Waals surface area (Å²) < 4.78 is 6.38. The van der Waals surface area contributed by atoms with Gasteiger partial charge in [0.25, 0.3) is 5.91 Å². The predicted octanol–water partition coefficient (Wildman–Crippen LogP) is 5.21. The van der Waals surface area contributed by atoms with Gasteiger partial charge in [0.05, 0.1) is 10.6 Å². The van der Waals surface area contributed by atoms with E-state index >= 15 is 0 Å². The summed E-state index contributed by atoms with van der Waals surface area (Å²) in [5, 5.41) is 5.99. The first-order chi connectivity index (χ1) is 13.3. The number of ether oxygens (including phenoxy) is 1. The van der Waals surface area contributed by atoms with Gasteiger partial charge in [0, 0.05) is 30.0 Å². The minimum absolute atomic E-state index is 0.0564. The highest BCUT2D eigenvalue weighted by molar-refractivity contribution is 9.10. The van der Waals surface area contributed by atoms with Crippen molar-refractivity contribution in [1.82, 2.24) is 5.32 Å². The topological polar surface area (TPSA) is 53.6 Å². The highest BCUT2D eigenvalue weighted by Gasteiger charge is 2.12. The van der Waals surface area contributed by atoms with Crippen molar-refractivity contribution in [2.24, 2.45) is 0 Å². The standard InChI is InChI=1S/C21H26BrN3O2S/c1-5-25(6-2)17-10-8-16(9-11-17)23-21(28)24-20(26)15-7-12-19(18(22)13-15)27-14(3)4/h7-14H,5-6H2,1-4H3,(H2,23,24,26,28). The van der Waals surface area contributed by atoms with Gasteiger partial charge in [-0.1, -0.05) is 0 Å². The summed E-state index contributed by atoms with van der Waals surface area (Å²) in [5.41, 5.74) is 2.46. The largest absolute Gasteiger partial charge is 0.490 e. The molecule has 5 nitrogen and oxygen atoms in total. The number of nitrogens with one attached hydrogen (secondary N) is 2. The number of nitrogens with zero attached hydrogens (tertiary/aromatic N) is 1. The van der Waals surface area contributed by atoms with Gasteiger partial charge in [-0.15, -0.1) is 0 Å². The lowest BCUT2D eigenvalue weighted by Crippen LogP contribution is -2.34. The van der Waals surface area contributed by atoms with E-state index in [1.807, 2.05) is 38.1 Å². The zero-order chi connectivity index (χ0) is 20.7. The number of halogens is 1. The van der Waals surface area contributed by atoms with E-state index in [2.05, 4.69) is 45.3 Å². The van der Waals surface area contributed by atoms with E-state index in [0.717, 1.165) is 28.9 Å². The van der Waals surface area contributed by atoms with E-state index in [1.54, 1.807) is 18.2 Å². The summed E-state index contributed by atoms with van der Waals surface area (Å²) in [6.45, 7) is 10.1. The van der Waals surface area contributed by atoms with Crippen LogP contribution in [0.2, 0.25) is 0 Å². The molecule has 0 atom stereocenters. The van der Waals surface area contributed by atoms with Gasteiger partial charge in [0.2, 0.25) is 0 Å². The Morgan fingerprint density at radius 2 is 1.79 bits per heavy atom. The molecular weight excluding hydrogens is 438 g/mol. The number of carbonyl (C=O) groups excluding carboxylic acids is 1. The van der Waals surface area contributed by atoms with Crippen molar-refractivity contribution >= 4 is 50.5 Å². The number of anilines is 2. The van der Waals surface area contributed by atoms with Gasteiger partial charge in [-0.3, -0.25) is 10.1 Å². The van der Waals surface area contributed by atoms with Crippen LogP contribution < -0.4 is 20.3 Å². The molecule has 0 radical (unpaired) electrons. The summed E-state index contributed by atoms with van der Waals surface area (Å²) in [6, 6.07) is 13.1. The van der Waals surface area contributed by atoms with Gasteiger partial charge < -0.3 is 15.0 Å². The molecule has 2 aromatic rings. The molecule has 0 saturated carbocycles. The maximum atomic E-state index is 12.4. The SMILES string of the molecule is CCN(CC)c1ccc(NC(=S)NC(=O)c2ccc(OC(C)C)c(Br)c2)cc1. The maximum Gasteiger partial charge on any atom is 0.257 e. The van der Waals surface area contributed by atoms with Crippen LogP contribution in [0.4, 0.5) is 11.4 Å². The van der Waals surface area contributed by atoms with Crippen molar-refractivity contribution in [1.29, 1.82) is 0 Å². The second kappa shape index (κ2) is 10.4. The maximum absolute atomic E-state index is 12.4. The van der Waals surface area contributed by atoms with Crippen LogP contribution in [-0.2, 0) is 0 Å². The minimum Gasteiger partial charge on any atom is -0.490 e. The Hall–Kier alpha value is -2.12. The minimum atomic E-state index is -0.283. The molecule has 7 heteroatoms. The van der Waals surface area contributed by atoms with Crippen LogP contribution in [-0.4, -0.2) is 30.2 Å². The number of hydrogen-bond acceptors (Lipinski definition) is 4. The molecule has 2 N–H and O–H groups in total.